The highest BCUT2D eigenvalue weighted by Crippen LogP contribution is 2.37. The van der Waals surface area contributed by atoms with E-state index in [2.05, 4.69) is 25.2 Å². The molecular formula is C17H21N5O4S. The van der Waals surface area contributed by atoms with E-state index in [1.165, 1.54) is 11.3 Å². The highest BCUT2D eigenvalue weighted by Gasteiger charge is 2.44. The Hall–Kier alpha value is -2.30. The number of rotatable bonds is 6. The van der Waals surface area contributed by atoms with E-state index in [1.807, 2.05) is 0 Å². The van der Waals surface area contributed by atoms with Crippen molar-refractivity contribution in [3.63, 3.8) is 0 Å². The van der Waals surface area contributed by atoms with Crippen LogP contribution in [0.5, 0.6) is 10.8 Å². The van der Waals surface area contributed by atoms with E-state index in [-0.39, 0.29) is 5.91 Å². The van der Waals surface area contributed by atoms with Gasteiger partial charge in [0, 0.05) is 20.2 Å². The van der Waals surface area contributed by atoms with Gasteiger partial charge in [0.2, 0.25) is 11.0 Å². The van der Waals surface area contributed by atoms with Gasteiger partial charge in [-0.05, 0) is 19.3 Å². The van der Waals surface area contributed by atoms with Gasteiger partial charge in [-0.2, -0.15) is 0 Å². The number of carbonyl (C=O) groups excluding carboxylic acids is 1. The fourth-order valence-corrected chi connectivity index (χ4v) is 3.68. The predicted molar refractivity (Wildman–Crippen MR) is 99.5 cm³/mol. The number of hydrogen-bond donors (Lipinski definition) is 1. The number of anilines is 2. The number of methoxy groups -OCH3 is 1. The average molecular weight is 391 g/mol. The van der Waals surface area contributed by atoms with Crippen molar-refractivity contribution in [1.29, 1.82) is 0 Å². The fraction of sp³-hybridized carbons (Fsp3) is 0.529. The zero-order valence-corrected chi connectivity index (χ0v) is 15.8. The molecule has 1 amide bonds. The molecule has 1 saturated carbocycles. The Morgan fingerprint density at radius 1 is 1.22 bits per heavy atom. The van der Waals surface area contributed by atoms with E-state index < -0.39 is 5.60 Å². The zero-order chi connectivity index (χ0) is 18.7. The normalized spacial score (nSPS) is 18.6. The molecule has 1 aliphatic carbocycles. The molecule has 0 spiro atoms. The molecule has 1 aliphatic heterocycles. The van der Waals surface area contributed by atoms with E-state index >= 15 is 0 Å². The number of carbonyl (C=O) groups is 1. The third-order valence-corrected chi connectivity index (χ3v) is 5.59. The van der Waals surface area contributed by atoms with Gasteiger partial charge in [0.15, 0.2) is 10.9 Å². The highest BCUT2D eigenvalue weighted by atomic mass is 32.1. The van der Waals surface area contributed by atoms with E-state index in [1.54, 1.807) is 25.7 Å². The number of nitrogens with zero attached hydrogens (tertiary/aromatic N) is 4. The van der Waals surface area contributed by atoms with Crippen molar-refractivity contribution in [3.05, 3.63) is 18.6 Å². The first-order valence-electron chi connectivity index (χ1n) is 8.83. The monoisotopic (exact) mass is 391 g/mol. The molecule has 0 radical (unpaired) electrons. The third-order valence-electron chi connectivity index (χ3n) is 4.80. The summed E-state index contributed by atoms with van der Waals surface area (Å²) in [6.45, 7) is 2.92. The first-order chi connectivity index (χ1) is 13.2. The summed E-state index contributed by atoms with van der Waals surface area (Å²) in [4.78, 5) is 27.3. The summed E-state index contributed by atoms with van der Waals surface area (Å²) in [5, 5.41) is 3.83. The minimum atomic E-state index is -0.712. The summed E-state index contributed by atoms with van der Waals surface area (Å²) < 4.78 is 16.4. The van der Waals surface area contributed by atoms with Crippen LogP contribution in [0.2, 0.25) is 0 Å². The molecule has 2 aromatic rings. The Labute approximate surface area is 160 Å². The molecule has 9 nitrogen and oxygen atoms in total. The van der Waals surface area contributed by atoms with Gasteiger partial charge in [-0.1, -0.05) is 11.3 Å². The predicted octanol–water partition coefficient (Wildman–Crippen LogP) is 2.07. The summed E-state index contributed by atoms with van der Waals surface area (Å²) in [7, 11) is 1.57. The number of amides is 1. The second-order valence-corrected chi connectivity index (χ2v) is 7.40. The van der Waals surface area contributed by atoms with Crippen molar-refractivity contribution < 1.29 is 19.0 Å². The molecule has 0 atom stereocenters. The van der Waals surface area contributed by atoms with Crippen molar-refractivity contribution in [3.8, 4) is 10.8 Å². The molecule has 2 fully saturated rings. The topological polar surface area (TPSA) is 98.7 Å². The summed E-state index contributed by atoms with van der Waals surface area (Å²) in [6, 6.07) is 0. The molecule has 2 aromatic heterocycles. The quantitative estimate of drug-likeness (QED) is 0.799. The number of thiazole rings is 1. The highest BCUT2D eigenvalue weighted by molar-refractivity contribution is 7.17. The number of aromatic nitrogens is 3. The van der Waals surface area contributed by atoms with Crippen LogP contribution in [-0.4, -0.2) is 59.9 Å². The third kappa shape index (κ3) is 3.87. The van der Waals surface area contributed by atoms with Crippen LogP contribution in [0.15, 0.2) is 18.6 Å². The lowest BCUT2D eigenvalue weighted by molar-refractivity contribution is -0.148. The maximum Gasteiger partial charge on any atom is 0.258 e. The minimum absolute atomic E-state index is 0.157. The van der Waals surface area contributed by atoms with Gasteiger partial charge in [0.1, 0.15) is 5.60 Å². The van der Waals surface area contributed by atoms with Gasteiger partial charge in [-0.3, -0.25) is 10.1 Å². The van der Waals surface area contributed by atoms with Gasteiger partial charge in [-0.15, -0.1) is 0 Å². The van der Waals surface area contributed by atoms with Gasteiger partial charge in [0.25, 0.3) is 5.91 Å². The Morgan fingerprint density at radius 3 is 2.59 bits per heavy atom. The van der Waals surface area contributed by atoms with Gasteiger partial charge in [-0.25, -0.2) is 15.0 Å². The Kier molecular flexibility index (Phi) is 5.19. The Morgan fingerprint density at radius 2 is 1.96 bits per heavy atom. The van der Waals surface area contributed by atoms with E-state index in [0.717, 1.165) is 32.4 Å². The van der Waals surface area contributed by atoms with Gasteiger partial charge >= 0.3 is 0 Å². The maximum atomic E-state index is 12.4. The average Bonchev–Trinajstić information content (AvgIpc) is 3.09. The van der Waals surface area contributed by atoms with Crippen LogP contribution in [-0.2, 0) is 14.3 Å². The van der Waals surface area contributed by atoms with Crippen LogP contribution in [0.1, 0.15) is 19.3 Å². The van der Waals surface area contributed by atoms with Crippen LogP contribution in [0.4, 0.5) is 11.1 Å². The molecule has 0 bridgehead atoms. The smallest absolute Gasteiger partial charge is 0.258 e. The summed E-state index contributed by atoms with van der Waals surface area (Å²) >= 11 is 1.25. The van der Waals surface area contributed by atoms with Crippen LogP contribution in [0.3, 0.4) is 0 Å². The number of hydrogen-bond acceptors (Lipinski definition) is 9. The van der Waals surface area contributed by atoms with Crippen LogP contribution >= 0.6 is 11.3 Å². The standard InChI is InChI=1S/C17H21N5O4S/c1-24-17(3-2-4-17)14(23)21-16-20-11-13(27-16)26-12-9-18-15(19-10-12)22-5-7-25-8-6-22/h9-11H,2-8H2,1H3,(H,20,21,23). The molecule has 0 unspecified atom stereocenters. The molecule has 4 rings (SSSR count). The lowest BCUT2D eigenvalue weighted by Gasteiger charge is -2.38. The first-order valence-corrected chi connectivity index (χ1v) is 9.65. The van der Waals surface area contributed by atoms with Crippen LogP contribution < -0.4 is 15.0 Å². The Bertz CT molecular complexity index is 781. The SMILES string of the molecule is COC1(C(=O)Nc2ncc(Oc3cnc(N4CCOCC4)nc3)s2)CCC1. The van der Waals surface area contributed by atoms with Crippen molar-refractivity contribution in [1.82, 2.24) is 15.0 Å². The molecule has 27 heavy (non-hydrogen) atoms. The fourth-order valence-electron chi connectivity index (χ4n) is 3.00. The summed E-state index contributed by atoms with van der Waals surface area (Å²) in [5.74, 6) is 1.02. The van der Waals surface area contributed by atoms with Crippen molar-refractivity contribution in [2.24, 2.45) is 0 Å². The molecule has 1 saturated heterocycles. The van der Waals surface area contributed by atoms with Crippen molar-refractivity contribution in [2.45, 2.75) is 24.9 Å². The second kappa shape index (κ2) is 7.75. The zero-order valence-electron chi connectivity index (χ0n) is 15.0. The molecule has 2 aliphatic rings. The van der Waals surface area contributed by atoms with Crippen molar-refractivity contribution >= 4 is 28.3 Å². The molecule has 0 aromatic carbocycles. The number of nitrogens with one attached hydrogen (secondary N) is 1. The van der Waals surface area contributed by atoms with E-state index in [0.29, 0.717) is 35.1 Å². The van der Waals surface area contributed by atoms with E-state index in [9.17, 15) is 4.79 Å². The van der Waals surface area contributed by atoms with Crippen molar-refractivity contribution in [2.75, 3.05) is 43.6 Å². The lowest BCUT2D eigenvalue weighted by atomic mass is 9.79. The summed E-state index contributed by atoms with van der Waals surface area (Å²) in [6.07, 6.45) is 7.28. The van der Waals surface area contributed by atoms with Gasteiger partial charge in [0.05, 0.1) is 31.8 Å². The number of morpholine rings is 1. The van der Waals surface area contributed by atoms with Crippen LogP contribution in [0.25, 0.3) is 0 Å². The first kappa shape index (κ1) is 18.1. The van der Waals surface area contributed by atoms with E-state index in [4.69, 9.17) is 14.2 Å². The van der Waals surface area contributed by atoms with Gasteiger partial charge < -0.3 is 19.1 Å². The maximum absolute atomic E-state index is 12.4. The molecular weight excluding hydrogens is 370 g/mol. The second-order valence-electron chi connectivity index (χ2n) is 6.41. The largest absolute Gasteiger partial charge is 0.442 e. The van der Waals surface area contributed by atoms with Crippen LogP contribution in [0, 0.1) is 0 Å². The minimum Gasteiger partial charge on any atom is -0.442 e. The molecule has 144 valence electrons. The lowest BCUT2D eigenvalue weighted by Crippen LogP contribution is -2.50. The number of ether oxygens (including phenoxy) is 3. The Balaban J connectivity index is 1.35. The molecule has 3 heterocycles. The summed E-state index contributed by atoms with van der Waals surface area (Å²) in [5.41, 5.74) is -0.712. The molecule has 1 N–H and O–H groups in total. The molecule has 10 heteroatoms.